The molecule has 77 heavy (non-hydrogen) atoms. The first-order valence-corrected chi connectivity index (χ1v) is 27.0. The maximum Gasteiger partial charge on any atom is 0.329 e. The molecule has 26 heteroatoms. The summed E-state index contributed by atoms with van der Waals surface area (Å²) < 4.78 is 10.5. The second-order valence-corrected chi connectivity index (χ2v) is 21.8. The minimum absolute atomic E-state index is 0.182. The van der Waals surface area contributed by atoms with Crippen LogP contribution in [0.25, 0.3) is 22.1 Å². The van der Waals surface area contributed by atoms with Crippen molar-refractivity contribution in [3.8, 4) is 0 Å². The second kappa shape index (κ2) is 25.6. The molecule has 24 nitrogen and oxygen atoms in total. The fraction of sp³-hybridized carbons (Fsp3) is 0.490. The lowest BCUT2D eigenvalue weighted by atomic mass is 10.0. The van der Waals surface area contributed by atoms with Crippen LogP contribution in [0.5, 0.6) is 0 Å². The maximum atomic E-state index is 15.2. The number of rotatable bonds is 7. The maximum absolute atomic E-state index is 15.2. The molecule has 4 aromatic rings. The Kier molecular flexibility index (Phi) is 19.5. The number of para-hydroxylation sites is 4. The topological polar surface area (TPSA) is 302 Å². The van der Waals surface area contributed by atoms with Crippen LogP contribution in [0.2, 0.25) is 0 Å². The molecule has 2 aliphatic heterocycles. The van der Waals surface area contributed by atoms with E-state index in [0.717, 1.165) is 43.1 Å². The number of nitrogens with zero attached hydrogens (tertiary/aromatic N) is 8. The van der Waals surface area contributed by atoms with Gasteiger partial charge in [-0.25, -0.2) is 19.6 Å². The van der Waals surface area contributed by atoms with E-state index < -0.39 is 137 Å². The van der Waals surface area contributed by atoms with E-state index in [1.54, 1.807) is 82.5 Å². The average Bonchev–Trinajstić information content (AvgIpc) is 3.40. The van der Waals surface area contributed by atoms with Crippen LogP contribution in [-0.4, -0.2) is 205 Å². The van der Waals surface area contributed by atoms with Gasteiger partial charge in [0, 0.05) is 33.9 Å². The van der Waals surface area contributed by atoms with Crippen LogP contribution in [0.15, 0.2) is 60.9 Å². The summed E-state index contributed by atoms with van der Waals surface area (Å²) in [7, 11) is 5.32. The Bertz CT molecular complexity index is 2930. The molecule has 9 atom stereocenters. The van der Waals surface area contributed by atoms with Crippen LogP contribution in [0.1, 0.15) is 62.5 Å². The van der Waals surface area contributed by atoms with Crippen molar-refractivity contribution in [3.63, 3.8) is 0 Å². The number of ether oxygens (including phenoxy) is 2. The molecule has 8 amide bonds. The Hall–Kier alpha value is -7.48. The molecule has 2 aromatic carbocycles. The molecule has 2 fully saturated rings. The number of amides is 8. The van der Waals surface area contributed by atoms with E-state index in [0.29, 0.717) is 22.1 Å². The standard InChI is InChI=1S/C51H64N12O12S2/c1-25(2)38-49(72)74-22-36(59-42(65)34-21-53-30-17-13-15-19-32(30)57-34)44(67)55-28(6)46(69)63(10)40-48(71)62(9)39(26(3)4)50(73)75-23-35(58-41(64)33-20-52-29-16-12-14-18-31(29)56-33)43(66)54-27(5)45(68)60(7)37(47(70)61(38)8)24-77-51(40)76-11/h12-21,25-28,35-40,51H,22-24H2,1-11H3,(H,54,66)(H,55,67)(H,58,64)(H,59,65)/t27-,28-,35+,36+,37-,38?,39-,40+,51-/m0/s1. The molecule has 0 aliphatic carbocycles. The SMILES string of the molecule is CS[C@H]1SC[C@H]2C(=O)N(C)C(C(C)C)C(=O)OC[C@@H](NC(=O)c3cnc4ccccc4n3)C(=O)N[C@@H](C)C(=O)N(C)[C@@H]1C(=O)N(C)[C@@H](C(C)C)C(=O)OC[C@@H](NC(=O)c1cnc3ccccc3n1)C(=O)N[C@@H](C)C(=O)N2C. The molecule has 0 saturated carbocycles. The quantitative estimate of drug-likeness (QED) is 0.185. The van der Waals surface area contributed by atoms with Crippen molar-refractivity contribution >= 4 is 105 Å². The third-order valence-corrected chi connectivity index (χ3v) is 16.0. The average molecular weight is 1100 g/mol. The lowest BCUT2D eigenvalue weighted by Gasteiger charge is -2.40. The van der Waals surface area contributed by atoms with Crippen molar-refractivity contribution in [1.82, 2.24) is 60.8 Å². The molecule has 2 aliphatic rings. The van der Waals surface area contributed by atoms with E-state index >= 15 is 9.59 Å². The highest BCUT2D eigenvalue weighted by molar-refractivity contribution is 8.16. The molecule has 4 heterocycles. The van der Waals surface area contributed by atoms with Crippen molar-refractivity contribution in [2.24, 2.45) is 11.8 Å². The van der Waals surface area contributed by atoms with E-state index in [2.05, 4.69) is 41.2 Å². The second-order valence-electron chi connectivity index (χ2n) is 19.3. The van der Waals surface area contributed by atoms with Crippen molar-refractivity contribution < 1.29 is 57.4 Å². The Balaban J connectivity index is 1.43. The zero-order valence-corrected chi connectivity index (χ0v) is 46.2. The summed E-state index contributed by atoms with van der Waals surface area (Å²) in [5.41, 5.74) is 1.38. The summed E-state index contributed by atoms with van der Waals surface area (Å²) in [5, 5.41) is 10.2. The summed E-state index contributed by atoms with van der Waals surface area (Å²) in [6, 6.07) is 1.79. The van der Waals surface area contributed by atoms with Gasteiger partial charge in [-0.3, -0.25) is 48.3 Å². The molecule has 2 aromatic heterocycles. The lowest BCUT2D eigenvalue weighted by Crippen LogP contribution is -2.60. The van der Waals surface area contributed by atoms with Gasteiger partial charge in [0.05, 0.1) is 39.0 Å². The Morgan fingerprint density at radius 3 is 1.43 bits per heavy atom. The number of nitrogens with one attached hydrogen (secondary N) is 4. The fourth-order valence-corrected chi connectivity index (χ4v) is 11.4. The van der Waals surface area contributed by atoms with Gasteiger partial charge < -0.3 is 50.3 Å². The van der Waals surface area contributed by atoms with Crippen molar-refractivity contribution in [2.45, 2.75) is 94.5 Å². The van der Waals surface area contributed by atoms with Crippen LogP contribution in [0, 0.1) is 11.8 Å². The van der Waals surface area contributed by atoms with E-state index in [4.69, 9.17) is 9.47 Å². The summed E-state index contributed by atoms with van der Waals surface area (Å²) in [6.07, 6.45) is 4.06. The predicted octanol–water partition coefficient (Wildman–Crippen LogP) is 0.635. The van der Waals surface area contributed by atoms with E-state index in [-0.39, 0.29) is 17.1 Å². The number of thioether (sulfide) groups is 2. The van der Waals surface area contributed by atoms with Crippen LogP contribution in [0.4, 0.5) is 0 Å². The minimum Gasteiger partial charge on any atom is -0.461 e. The van der Waals surface area contributed by atoms with Gasteiger partial charge in [-0.2, -0.15) is 0 Å². The molecule has 4 N–H and O–H groups in total. The Morgan fingerprint density at radius 2 is 1.01 bits per heavy atom. The molecule has 2 saturated heterocycles. The van der Waals surface area contributed by atoms with Gasteiger partial charge in [-0.05, 0) is 56.2 Å². The van der Waals surface area contributed by atoms with Crippen molar-refractivity contribution in [2.75, 3.05) is 53.4 Å². The summed E-state index contributed by atoms with van der Waals surface area (Å²) in [5.74, 6) is -10.4. The first-order valence-electron chi connectivity index (χ1n) is 24.7. The fourth-order valence-electron chi connectivity index (χ4n) is 8.88. The largest absolute Gasteiger partial charge is 0.461 e. The number of cyclic esters (lactones) is 2. The van der Waals surface area contributed by atoms with Gasteiger partial charge >= 0.3 is 11.9 Å². The number of aromatic nitrogens is 4. The zero-order valence-electron chi connectivity index (χ0n) is 44.5. The highest BCUT2D eigenvalue weighted by Gasteiger charge is 2.45. The molecule has 0 spiro atoms. The number of hydrogen-bond acceptors (Lipinski definition) is 18. The zero-order chi connectivity index (χ0) is 56.6. The first-order chi connectivity index (χ1) is 36.4. The molecule has 1 unspecified atom stereocenters. The number of fused-ring (bicyclic) bond motifs is 6. The Labute approximate surface area is 453 Å². The third kappa shape index (κ3) is 13.6. The number of benzene rings is 2. The molecule has 0 radical (unpaired) electrons. The van der Waals surface area contributed by atoms with Gasteiger partial charge in [-0.15, -0.1) is 23.5 Å². The van der Waals surface area contributed by atoms with Gasteiger partial charge in [0.25, 0.3) is 11.8 Å². The first kappa shape index (κ1) is 58.8. The number of likely N-dealkylation sites (N-methyl/N-ethyl adjacent to an activating group) is 4. The van der Waals surface area contributed by atoms with Crippen molar-refractivity contribution in [1.29, 1.82) is 0 Å². The minimum atomic E-state index is -1.66. The molecular weight excluding hydrogens is 1040 g/mol. The van der Waals surface area contributed by atoms with E-state index in [9.17, 15) is 38.4 Å². The number of hydrogen-bond donors (Lipinski definition) is 4. The summed E-state index contributed by atoms with van der Waals surface area (Å²) >= 11 is 2.16. The third-order valence-electron chi connectivity index (χ3n) is 13.2. The van der Waals surface area contributed by atoms with Crippen LogP contribution in [-0.2, 0) is 47.8 Å². The number of carbonyl (C=O) groups is 10. The number of esters is 2. The van der Waals surface area contributed by atoms with E-state index in [1.807, 2.05) is 0 Å². The van der Waals surface area contributed by atoms with Crippen LogP contribution >= 0.6 is 23.5 Å². The van der Waals surface area contributed by atoms with E-state index in [1.165, 1.54) is 54.4 Å². The predicted molar refractivity (Wildman–Crippen MR) is 284 cm³/mol. The van der Waals surface area contributed by atoms with Gasteiger partial charge in [0.15, 0.2) is 0 Å². The van der Waals surface area contributed by atoms with Crippen LogP contribution < -0.4 is 21.3 Å². The summed E-state index contributed by atoms with van der Waals surface area (Å²) in [6.45, 7) is 7.69. The number of carbonyl (C=O) groups excluding carboxylic acids is 10. The molecule has 2 bridgehead atoms. The Morgan fingerprint density at radius 1 is 0.610 bits per heavy atom. The van der Waals surface area contributed by atoms with Crippen LogP contribution in [0.3, 0.4) is 0 Å². The molecular formula is C51H64N12O12S2. The molecule has 412 valence electrons. The monoisotopic (exact) mass is 1100 g/mol. The van der Waals surface area contributed by atoms with Gasteiger partial charge in [0.1, 0.15) is 72.9 Å². The normalized spacial score (nSPS) is 25.4. The van der Waals surface area contributed by atoms with Crippen molar-refractivity contribution in [3.05, 3.63) is 72.3 Å². The highest BCUT2D eigenvalue weighted by Crippen LogP contribution is 2.32. The summed E-state index contributed by atoms with van der Waals surface area (Å²) in [4.78, 5) is 166. The van der Waals surface area contributed by atoms with Gasteiger partial charge in [0.2, 0.25) is 35.4 Å². The molecule has 6 rings (SSSR count). The van der Waals surface area contributed by atoms with Gasteiger partial charge in [-0.1, -0.05) is 52.0 Å². The highest BCUT2D eigenvalue weighted by atomic mass is 32.2. The smallest absolute Gasteiger partial charge is 0.329 e. The lowest BCUT2D eigenvalue weighted by molar-refractivity contribution is -0.160.